The Hall–Kier alpha value is -1.96. The van der Waals surface area contributed by atoms with E-state index in [0.717, 1.165) is 17.7 Å². The minimum atomic E-state index is -0.923. The van der Waals surface area contributed by atoms with Crippen molar-refractivity contribution in [3.63, 3.8) is 0 Å². The van der Waals surface area contributed by atoms with E-state index < -0.39 is 17.8 Å². The largest absolute Gasteiger partial charge is 0.481 e. The summed E-state index contributed by atoms with van der Waals surface area (Å²) in [4.78, 5) is 40.3. The summed E-state index contributed by atoms with van der Waals surface area (Å²) < 4.78 is 4.91. The van der Waals surface area contributed by atoms with Crippen molar-refractivity contribution in [2.24, 2.45) is 11.8 Å². The van der Waals surface area contributed by atoms with E-state index in [0.29, 0.717) is 30.3 Å². The topological polar surface area (TPSA) is 106 Å². The number of carbonyl (C=O) groups is 3. The summed E-state index contributed by atoms with van der Waals surface area (Å²) >= 11 is 1.22. The number of ether oxygens (including phenoxy) is 1. The lowest BCUT2D eigenvalue weighted by Gasteiger charge is -2.26. The summed E-state index contributed by atoms with van der Waals surface area (Å²) in [7, 11) is 0. The first kappa shape index (κ1) is 18.4. The molecular weight excluding hydrogens is 332 g/mol. The molecule has 0 aromatic carbocycles. The quantitative estimate of drug-likeness (QED) is 0.760. The number of aliphatic carboxylic acids is 1. The van der Waals surface area contributed by atoms with Crippen LogP contribution in [0.1, 0.15) is 43.2 Å². The van der Waals surface area contributed by atoms with Crippen LogP contribution in [0.3, 0.4) is 0 Å². The van der Waals surface area contributed by atoms with Gasteiger partial charge in [-0.15, -0.1) is 11.3 Å². The standard InChI is InChI=1S/C16H22N2O5S/c1-3-23-13(19)8-12-9(2)17-16(24-12)18-14(20)10-6-4-5-7-11(10)15(21)22/h10-11H,3-8H2,1-2H3,(H,21,22)(H,17,18,20)/t10-,11-/m1/s1. The molecule has 1 aromatic heterocycles. The number of hydrogen-bond donors (Lipinski definition) is 2. The second-order valence-electron chi connectivity index (χ2n) is 5.83. The Balaban J connectivity index is 2.03. The second kappa shape index (κ2) is 8.23. The molecule has 24 heavy (non-hydrogen) atoms. The van der Waals surface area contributed by atoms with Gasteiger partial charge in [0.2, 0.25) is 5.91 Å². The van der Waals surface area contributed by atoms with Gasteiger partial charge in [-0.05, 0) is 26.7 Å². The monoisotopic (exact) mass is 354 g/mol. The van der Waals surface area contributed by atoms with E-state index in [1.165, 1.54) is 11.3 Å². The Morgan fingerprint density at radius 1 is 1.29 bits per heavy atom. The molecule has 132 valence electrons. The highest BCUT2D eigenvalue weighted by atomic mass is 32.1. The van der Waals surface area contributed by atoms with Gasteiger partial charge < -0.3 is 15.2 Å². The van der Waals surface area contributed by atoms with Crippen LogP contribution in [0, 0.1) is 18.8 Å². The fraction of sp³-hybridized carbons (Fsp3) is 0.625. The molecule has 2 rings (SSSR count). The lowest BCUT2D eigenvalue weighted by molar-refractivity contribution is -0.147. The van der Waals surface area contributed by atoms with Crippen LogP contribution in [-0.4, -0.2) is 34.5 Å². The van der Waals surface area contributed by atoms with Gasteiger partial charge in [-0.3, -0.25) is 14.4 Å². The normalized spacial score (nSPS) is 20.4. The zero-order valence-electron chi connectivity index (χ0n) is 13.8. The number of carboxylic acid groups (broad SMARTS) is 1. The molecule has 1 saturated carbocycles. The molecule has 1 amide bonds. The maximum atomic E-state index is 12.4. The van der Waals surface area contributed by atoms with E-state index in [2.05, 4.69) is 10.3 Å². The van der Waals surface area contributed by atoms with Crippen LogP contribution < -0.4 is 5.32 Å². The number of anilines is 1. The lowest BCUT2D eigenvalue weighted by atomic mass is 9.79. The number of carbonyl (C=O) groups excluding carboxylic acids is 2. The molecule has 1 aromatic rings. The Labute approximate surface area is 144 Å². The van der Waals surface area contributed by atoms with Gasteiger partial charge in [-0.1, -0.05) is 12.8 Å². The summed E-state index contributed by atoms with van der Waals surface area (Å²) in [6, 6.07) is 0. The Morgan fingerprint density at radius 2 is 1.96 bits per heavy atom. The molecular formula is C16H22N2O5S. The lowest BCUT2D eigenvalue weighted by Crippen LogP contribution is -2.36. The van der Waals surface area contributed by atoms with Gasteiger partial charge in [0, 0.05) is 4.88 Å². The third-order valence-corrected chi connectivity index (χ3v) is 5.23. The van der Waals surface area contributed by atoms with Gasteiger partial charge in [-0.25, -0.2) is 4.98 Å². The fourth-order valence-electron chi connectivity index (χ4n) is 2.93. The minimum absolute atomic E-state index is 0.119. The van der Waals surface area contributed by atoms with Crippen LogP contribution >= 0.6 is 11.3 Å². The van der Waals surface area contributed by atoms with E-state index in [1.807, 2.05) is 0 Å². The number of aromatic nitrogens is 1. The summed E-state index contributed by atoms with van der Waals surface area (Å²) in [5.41, 5.74) is 0.668. The molecule has 0 spiro atoms. The molecule has 0 aliphatic heterocycles. The van der Waals surface area contributed by atoms with Crippen LogP contribution in [-0.2, 0) is 25.5 Å². The van der Waals surface area contributed by atoms with Crippen molar-refractivity contribution in [1.29, 1.82) is 0 Å². The van der Waals surface area contributed by atoms with Crippen LogP contribution in [0.2, 0.25) is 0 Å². The maximum absolute atomic E-state index is 12.4. The van der Waals surface area contributed by atoms with Crippen molar-refractivity contribution in [2.75, 3.05) is 11.9 Å². The fourth-order valence-corrected chi connectivity index (χ4v) is 3.88. The SMILES string of the molecule is CCOC(=O)Cc1sc(NC(=O)[C@@H]2CCCC[C@H]2C(=O)O)nc1C. The molecule has 0 saturated heterocycles. The number of carboxylic acids is 1. The van der Waals surface area contributed by atoms with Crippen LogP contribution in [0.15, 0.2) is 0 Å². The minimum Gasteiger partial charge on any atom is -0.481 e. The molecule has 2 N–H and O–H groups in total. The predicted octanol–water partition coefficient (Wildman–Crippen LogP) is 2.39. The highest BCUT2D eigenvalue weighted by molar-refractivity contribution is 7.16. The number of nitrogens with one attached hydrogen (secondary N) is 1. The van der Waals surface area contributed by atoms with Crippen molar-refractivity contribution in [3.05, 3.63) is 10.6 Å². The zero-order valence-corrected chi connectivity index (χ0v) is 14.6. The van der Waals surface area contributed by atoms with Crippen molar-refractivity contribution in [3.8, 4) is 0 Å². The van der Waals surface area contributed by atoms with E-state index in [9.17, 15) is 19.5 Å². The molecule has 1 heterocycles. The van der Waals surface area contributed by atoms with Gasteiger partial charge in [0.1, 0.15) is 0 Å². The highest BCUT2D eigenvalue weighted by Crippen LogP contribution is 2.32. The number of hydrogen-bond acceptors (Lipinski definition) is 6. The number of amides is 1. The molecule has 0 unspecified atom stereocenters. The summed E-state index contributed by atoms with van der Waals surface area (Å²) in [6.45, 7) is 3.83. The van der Waals surface area contributed by atoms with Gasteiger partial charge in [0.05, 0.1) is 30.6 Å². The molecule has 0 bridgehead atoms. The molecule has 0 radical (unpaired) electrons. The first-order valence-corrected chi connectivity index (χ1v) is 8.89. The van der Waals surface area contributed by atoms with Crippen molar-refractivity contribution < 1.29 is 24.2 Å². The Kier molecular flexibility index (Phi) is 6.30. The van der Waals surface area contributed by atoms with Crippen LogP contribution in [0.4, 0.5) is 5.13 Å². The third-order valence-electron chi connectivity index (χ3n) is 4.15. The summed E-state index contributed by atoms with van der Waals surface area (Å²) in [5.74, 6) is -2.74. The maximum Gasteiger partial charge on any atom is 0.311 e. The van der Waals surface area contributed by atoms with Crippen molar-refractivity contribution >= 4 is 34.3 Å². The summed E-state index contributed by atoms with van der Waals surface area (Å²) in [6.07, 6.45) is 2.91. The highest BCUT2D eigenvalue weighted by Gasteiger charge is 2.36. The van der Waals surface area contributed by atoms with Crippen molar-refractivity contribution in [1.82, 2.24) is 4.98 Å². The molecule has 1 fully saturated rings. The molecule has 1 aliphatic carbocycles. The first-order chi connectivity index (χ1) is 11.4. The predicted molar refractivity (Wildman–Crippen MR) is 88.9 cm³/mol. The second-order valence-corrected chi connectivity index (χ2v) is 6.92. The Bertz CT molecular complexity index is 628. The van der Waals surface area contributed by atoms with Crippen LogP contribution in [0.5, 0.6) is 0 Å². The first-order valence-electron chi connectivity index (χ1n) is 8.08. The smallest absolute Gasteiger partial charge is 0.311 e. The van der Waals surface area contributed by atoms with Gasteiger partial charge in [-0.2, -0.15) is 0 Å². The van der Waals surface area contributed by atoms with Crippen molar-refractivity contribution in [2.45, 2.75) is 46.0 Å². The molecule has 2 atom stereocenters. The van der Waals surface area contributed by atoms with Gasteiger partial charge >= 0.3 is 11.9 Å². The average molecular weight is 354 g/mol. The third kappa shape index (κ3) is 4.53. The van der Waals surface area contributed by atoms with E-state index >= 15 is 0 Å². The van der Waals surface area contributed by atoms with Gasteiger partial charge in [0.15, 0.2) is 5.13 Å². The van der Waals surface area contributed by atoms with E-state index in [-0.39, 0.29) is 18.3 Å². The number of aryl methyl sites for hydroxylation is 1. The zero-order chi connectivity index (χ0) is 17.7. The number of nitrogens with zero attached hydrogens (tertiary/aromatic N) is 1. The number of thiazole rings is 1. The number of esters is 1. The van der Waals surface area contributed by atoms with Crippen LogP contribution in [0.25, 0.3) is 0 Å². The number of rotatable bonds is 6. The summed E-state index contributed by atoms with van der Waals surface area (Å²) in [5, 5.41) is 12.4. The Morgan fingerprint density at radius 3 is 2.58 bits per heavy atom. The molecule has 7 nitrogen and oxygen atoms in total. The van der Waals surface area contributed by atoms with E-state index in [1.54, 1.807) is 13.8 Å². The van der Waals surface area contributed by atoms with Gasteiger partial charge in [0.25, 0.3) is 0 Å². The molecule has 1 aliphatic rings. The average Bonchev–Trinajstić information content (AvgIpc) is 2.86. The van der Waals surface area contributed by atoms with E-state index in [4.69, 9.17) is 4.74 Å². The molecule has 8 heteroatoms.